The fraction of sp³-hybridized carbons (Fsp3) is 0.667. The lowest BCUT2D eigenvalue weighted by Gasteiger charge is -2.18. The first-order valence-electron chi connectivity index (χ1n) is 5.52. The summed E-state index contributed by atoms with van der Waals surface area (Å²) in [6, 6.07) is 1.57. The van der Waals surface area contributed by atoms with Crippen molar-refractivity contribution in [1.82, 2.24) is 9.55 Å². The molecule has 90 valence electrons. The van der Waals surface area contributed by atoms with Crippen LogP contribution in [0.5, 0.6) is 0 Å². The zero-order chi connectivity index (χ0) is 12.3. The van der Waals surface area contributed by atoms with Crippen LogP contribution in [-0.2, 0) is 12.0 Å². The maximum absolute atomic E-state index is 11.8. The quantitative estimate of drug-likeness (QED) is 0.838. The van der Waals surface area contributed by atoms with Gasteiger partial charge in [-0.3, -0.25) is 9.36 Å². The van der Waals surface area contributed by atoms with Crippen LogP contribution in [0.4, 0.5) is 0 Å². The third-order valence-corrected chi connectivity index (χ3v) is 2.47. The highest BCUT2D eigenvalue weighted by molar-refractivity contribution is 5.10. The predicted molar refractivity (Wildman–Crippen MR) is 63.4 cm³/mol. The van der Waals surface area contributed by atoms with Gasteiger partial charge in [0.25, 0.3) is 5.56 Å². The second-order valence-corrected chi connectivity index (χ2v) is 5.30. The van der Waals surface area contributed by atoms with E-state index < -0.39 is 0 Å². The van der Waals surface area contributed by atoms with Crippen LogP contribution in [0.15, 0.2) is 17.2 Å². The number of nitrogens with zero attached hydrogens (tertiary/aromatic N) is 2. The summed E-state index contributed by atoms with van der Waals surface area (Å²) in [6.45, 7) is 8.55. The van der Waals surface area contributed by atoms with Crippen LogP contribution in [0.2, 0.25) is 0 Å². The molecule has 4 nitrogen and oxygen atoms in total. The second-order valence-electron chi connectivity index (χ2n) is 5.30. The van der Waals surface area contributed by atoms with Crippen molar-refractivity contribution in [3.05, 3.63) is 28.4 Å². The van der Waals surface area contributed by atoms with E-state index in [0.717, 1.165) is 5.69 Å². The fourth-order valence-electron chi connectivity index (χ4n) is 1.37. The van der Waals surface area contributed by atoms with Gasteiger partial charge in [0, 0.05) is 24.6 Å². The molecule has 0 saturated heterocycles. The standard InChI is InChI=1S/C12H20N2O2/c1-9(7-15)6-14-8-13-10(5-11(14)16)12(2,3)4/h5,8-9,15H,6-7H2,1-4H3. The summed E-state index contributed by atoms with van der Waals surface area (Å²) in [6.07, 6.45) is 1.56. The van der Waals surface area contributed by atoms with Crippen molar-refractivity contribution in [3.8, 4) is 0 Å². The van der Waals surface area contributed by atoms with Crippen LogP contribution >= 0.6 is 0 Å². The zero-order valence-corrected chi connectivity index (χ0v) is 10.4. The first-order chi connectivity index (χ1) is 7.34. The Hall–Kier alpha value is -1.16. The molecule has 0 aliphatic carbocycles. The van der Waals surface area contributed by atoms with E-state index in [1.807, 2.05) is 27.7 Å². The summed E-state index contributed by atoms with van der Waals surface area (Å²) in [5.41, 5.74) is 0.631. The largest absolute Gasteiger partial charge is 0.396 e. The Morgan fingerprint density at radius 1 is 1.50 bits per heavy atom. The maximum atomic E-state index is 11.8. The van der Waals surface area contributed by atoms with E-state index in [4.69, 9.17) is 5.11 Å². The molecule has 1 N–H and O–H groups in total. The van der Waals surface area contributed by atoms with E-state index in [1.54, 1.807) is 12.4 Å². The minimum atomic E-state index is -0.110. The number of aliphatic hydroxyl groups is 1. The Bertz CT molecular complexity index is 404. The first-order valence-corrected chi connectivity index (χ1v) is 5.52. The molecular formula is C12H20N2O2. The van der Waals surface area contributed by atoms with Crippen LogP contribution in [0.3, 0.4) is 0 Å². The molecule has 0 aliphatic rings. The van der Waals surface area contributed by atoms with E-state index in [9.17, 15) is 4.79 Å². The lowest BCUT2D eigenvalue weighted by molar-refractivity contribution is 0.221. The first kappa shape index (κ1) is 12.9. The third kappa shape index (κ3) is 3.17. The molecule has 1 unspecified atom stereocenters. The van der Waals surface area contributed by atoms with Crippen LogP contribution in [0.1, 0.15) is 33.4 Å². The lowest BCUT2D eigenvalue weighted by Crippen LogP contribution is -2.27. The fourth-order valence-corrected chi connectivity index (χ4v) is 1.37. The molecule has 0 fully saturated rings. The number of rotatable bonds is 3. The van der Waals surface area contributed by atoms with Gasteiger partial charge < -0.3 is 5.11 Å². The Morgan fingerprint density at radius 3 is 2.56 bits per heavy atom. The summed E-state index contributed by atoms with van der Waals surface area (Å²) >= 11 is 0. The molecule has 1 aromatic rings. The molecule has 0 saturated carbocycles. The van der Waals surface area contributed by atoms with E-state index in [0.29, 0.717) is 6.54 Å². The topological polar surface area (TPSA) is 55.1 Å². The van der Waals surface area contributed by atoms with Crippen LogP contribution in [-0.4, -0.2) is 21.3 Å². The van der Waals surface area contributed by atoms with Gasteiger partial charge in [0.05, 0.1) is 12.0 Å². The Kier molecular flexibility index (Phi) is 3.86. The van der Waals surface area contributed by atoms with E-state index in [1.165, 1.54) is 4.57 Å². The third-order valence-electron chi connectivity index (χ3n) is 2.47. The zero-order valence-electron chi connectivity index (χ0n) is 10.4. The van der Waals surface area contributed by atoms with Crippen LogP contribution in [0, 0.1) is 5.92 Å². The summed E-state index contributed by atoms with van der Waals surface area (Å²) in [4.78, 5) is 16.1. The lowest BCUT2D eigenvalue weighted by atomic mass is 9.92. The Morgan fingerprint density at radius 2 is 2.12 bits per heavy atom. The van der Waals surface area contributed by atoms with Gasteiger partial charge in [0.2, 0.25) is 0 Å². The molecule has 0 spiro atoms. The number of aromatic nitrogens is 2. The number of aliphatic hydroxyl groups excluding tert-OH is 1. The van der Waals surface area contributed by atoms with Gasteiger partial charge in [-0.2, -0.15) is 0 Å². The highest BCUT2D eigenvalue weighted by Gasteiger charge is 2.16. The molecule has 0 aromatic carbocycles. The van der Waals surface area contributed by atoms with E-state index in [2.05, 4.69) is 4.98 Å². The molecule has 0 radical (unpaired) electrons. The Balaban J connectivity index is 2.97. The summed E-state index contributed by atoms with van der Waals surface area (Å²) in [5, 5.41) is 8.94. The maximum Gasteiger partial charge on any atom is 0.253 e. The van der Waals surface area contributed by atoms with Gasteiger partial charge in [0.15, 0.2) is 0 Å². The van der Waals surface area contributed by atoms with Crippen LogP contribution < -0.4 is 5.56 Å². The van der Waals surface area contributed by atoms with E-state index >= 15 is 0 Å². The molecule has 1 heterocycles. The van der Waals surface area contributed by atoms with E-state index in [-0.39, 0.29) is 23.5 Å². The normalized spacial score (nSPS) is 13.8. The summed E-state index contributed by atoms with van der Waals surface area (Å²) in [7, 11) is 0. The minimum absolute atomic E-state index is 0.0553. The smallest absolute Gasteiger partial charge is 0.253 e. The molecule has 1 rings (SSSR count). The van der Waals surface area contributed by atoms with Gasteiger partial charge in [-0.05, 0) is 5.92 Å². The van der Waals surface area contributed by atoms with Crippen molar-refractivity contribution in [3.63, 3.8) is 0 Å². The van der Waals surface area contributed by atoms with Crippen molar-refractivity contribution in [2.45, 2.75) is 39.7 Å². The molecule has 16 heavy (non-hydrogen) atoms. The predicted octanol–water partition coefficient (Wildman–Crippen LogP) is 1.17. The van der Waals surface area contributed by atoms with Crippen molar-refractivity contribution < 1.29 is 5.11 Å². The van der Waals surface area contributed by atoms with Crippen molar-refractivity contribution in [2.75, 3.05) is 6.61 Å². The number of hydrogen-bond donors (Lipinski definition) is 1. The average molecular weight is 224 g/mol. The summed E-state index contributed by atoms with van der Waals surface area (Å²) in [5.74, 6) is 0.0694. The highest BCUT2D eigenvalue weighted by atomic mass is 16.3. The Labute approximate surface area is 96.0 Å². The summed E-state index contributed by atoms with van der Waals surface area (Å²) < 4.78 is 1.54. The average Bonchev–Trinajstić information content (AvgIpc) is 2.19. The van der Waals surface area contributed by atoms with Gasteiger partial charge in [-0.1, -0.05) is 27.7 Å². The van der Waals surface area contributed by atoms with Gasteiger partial charge in [-0.25, -0.2) is 4.98 Å². The SMILES string of the molecule is CC(CO)Cn1cnc(C(C)(C)C)cc1=O. The second kappa shape index (κ2) is 4.78. The van der Waals surface area contributed by atoms with Gasteiger partial charge in [-0.15, -0.1) is 0 Å². The molecule has 1 atom stereocenters. The number of hydrogen-bond acceptors (Lipinski definition) is 3. The minimum Gasteiger partial charge on any atom is -0.396 e. The van der Waals surface area contributed by atoms with Crippen LogP contribution in [0.25, 0.3) is 0 Å². The molecule has 0 amide bonds. The molecule has 0 aliphatic heterocycles. The van der Waals surface area contributed by atoms with Crippen molar-refractivity contribution in [2.24, 2.45) is 5.92 Å². The van der Waals surface area contributed by atoms with Gasteiger partial charge in [0.1, 0.15) is 0 Å². The monoisotopic (exact) mass is 224 g/mol. The van der Waals surface area contributed by atoms with Crippen molar-refractivity contribution >= 4 is 0 Å². The molecule has 1 aromatic heterocycles. The molecular weight excluding hydrogens is 204 g/mol. The van der Waals surface area contributed by atoms with Gasteiger partial charge >= 0.3 is 0 Å². The van der Waals surface area contributed by atoms with Crippen molar-refractivity contribution in [1.29, 1.82) is 0 Å². The molecule has 0 bridgehead atoms. The molecule has 4 heteroatoms. The highest BCUT2D eigenvalue weighted by Crippen LogP contribution is 2.17.